The maximum Gasteiger partial charge on any atom is 0.295 e. The summed E-state index contributed by atoms with van der Waals surface area (Å²) in [7, 11) is 0. The van der Waals surface area contributed by atoms with Crippen LogP contribution in [0.4, 0.5) is 0 Å². The minimum Gasteiger partial charge on any atom is -0.507 e. The van der Waals surface area contributed by atoms with E-state index in [1.165, 1.54) is 4.90 Å². The average Bonchev–Trinajstić information content (AvgIpc) is 3.11. The van der Waals surface area contributed by atoms with Crippen LogP contribution in [0.15, 0.2) is 66.8 Å². The highest BCUT2D eigenvalue weighted by Crippen LogP contribution is 2.40. The number of halogens is 1. The van der Waals surface area contributed by atoms with E-state index in [1.807, 2.05) is 6.07 Å². The molecule has 2 aromatic carbocycles. The Balaban J connectivity index is 1.69. The molecule has 0 spiro atoms. The smallest absolute Gasteiger partial charge is 0.295 e. The van der Waals surface area contributed by atoms with E-state index in [4.69, 9.17) is 21.1 Å². The molecule has 1 N–H and O–H groups in total. The Kier molecular flexibility index (Phi) is 7.67. The van der Waals surface area contributed by atoms with Gasteiger partial charge in [-0.15, -0.1) is 0 Å². The number of nitrogens with zero attached hydrogens (tertiary/aromatic N) is 2. The second-order valence-electron chi connectivity index (χ2n) is 8.13. The van der Waals surface area contributed by atoms with Crippen molar-refractivity contribution in [3.63, 3.8) is 0 Å². The molecule has 1 amide bonds. The van der Waals surface area contributed by atoms with Gasteiger partial charge in [-0.05, 0) is 42.0 Å². The molecule has 2 fully saturated rings. The van der Waals surface area contributed by atoms with E-state index in [0.29, 0.717) is 54.8 Å². The fraction of sp³-hybridized carbons (Fsp3) is 0.308. The van der Waals surface area contributed by atoms with Crippen LogP contribution < -0.4 is 4.74 Å². The standard InChI is InChI=1S/C26H27ClN2O5/c1-2-14-34-21-8-6-18(7-9-21)24(30)22-23(19-4-3-5-20(27)17-19)29(26(32)25(22)31)11-10-28-12-15-33-16-13-28/h2-9,17,23,30H,1,10-16H2/b24-22+. The third-order valence-corrected chi connectivity index (χ3v) is 6.20. The largest absolute Gasteiger partial charge is 0.507 e. The molecule has 0 aliphatic carbocycles. The molecule has 2 aromatic rings. The van der Waals surface area contributed by atoms with Crippen molar-refractivity contribution in [1.29, 1.82) is 0 Å². The highest BCUT2D eigenvalue weighted by Gasteiger charge is 2.46. The lowest BCUT2D eigenvalue weighted by molar-refractivity contribution is -0.140. The number of aliphatic hydroxyl groups excluding tert-OH is 1. The SMILES string of the molecule is C=CCOc1ccc(/C(O)=C2\C(=O)C(=O)N(CCN3CCOCC3)C2c2cccc(Cl)c2)cc1. The number of amides is 1. The topological polar surface area (TPSA) is 79.3 Å². The predicted molar refractivity (Wildman–Crippen MR) is 130 cm³/mol. The van der Waals surface area contributed by atoms with Gasteiger partial charge in [-0.1, -0.05) is 36.4 Å². The van der Waals surface area contributed by atoms with Crippen LogP contribution >= 0.6 is 11.6 Å². The molecule has 7 nitrogen and oxygen atoms in total. The first-order valence-electron chi connectivity index (χ1n) is 11.2. The van der Waals surface area contributed by atoms with E-state index < -0.39 is 17.7 Å². The molecule has 4 rings (SSSR count). The molecule has 2 aliphatic heterocycles. The summed E-state index contributed by atoms with van der Waals surface area (Å²) < 4.78 is 10.9. The fourth-order valence-corrected chi connectivity index (χ4v) is 4.43. The van der Waals surface area contributed by atoms with Gasteiger partial charge in [0.05, 0.1) is 24.8 Å². The Labute approximate surface area is 203 Å². The third-order valence-electron chi connectivity index (χ3n) is 5.96. The van der Waals surface area contributed by atoms with Crippen molar-refractivity contribution in [3.8, 4) is 5.75 Å². The molecule has 8 heteroatoms. The highest BCUT2D eigenvalue weighted by molar-refractivity contribution is 6.46. The summed E-state index contributed by atoms with van der Waals surface area (Å²) in [5.41, 5.74) is 1.14. The number of Topliss-reactive ketones (excluding diaryl/α,β-unsaturated/α-hetero) is 1. The van der Waals surface area contributed by atoms with Crippen molar-refractivity contribution in [2.45, 2.75) is 6.04 Å². The second-order valence-corrected chi connectivity index (χ2v) is 8.56. The first kappa shape index (κ1) is 24.0. The summed E-state index contributed by atoms with van der Waals surface area (Å²) in [4.78, 5) is 30.0. The Bertz CT molecular complexity index is 1090. The van der Waals surface area contributed by atoms with Crippen molar-refractivity contribution >= 4 is 29.1 Å². The molecule has 0 saturated carbocycles. The number of morpholine rings is 1. The molecule has 2 heterocycles. The Morgan fingerprint density at radius 2 is 1.88 bits per heavy atom. The minimum atomic E-state index is -0.739. The summed E-state index contributed by atoms with van der Waals surface area (Å²) in [6.45, 7) is 7.74. The molecule has 1 atom stereocenters. The van der Waals surface area contributed by atoms with E-state index in [-0.39, 0.29) is 11.3 Å². The number of ether oxygens (including phenoxy) is 2. The van der Waals surface area contributed by atoms with Gasteiger partial charge in [0, 0.05) is 36.8 Å². The van der Waals surface area contributed by atoms with Crippen molar-refractivity contribution in [1.82, 2.24) is 9.80 Å². The van der Waals surface area contributed by atoms with Gasteiger partial charge in [0.25, 0.3) is 11.7 Å². The number of ketones is 1. The minimum absolute atomic E-state index is 0.0500. The number of carbonyl (C=O) groups excluding carboxylic acids is 2. The van der Waals surface area contributed by atoms with Crippen LogP contribution in [0.1, 0.15) is 17.2 Å². The van der Waals surface area contributed by atoms with Crippen LogP contribution in [0.2, 0.25) is 5.02 Å². The molecular weight excluding hydrogens is 456 g/mol. The van der Waals surface area contributed by atoms with Crippen LogP contribution in [-0.4, -0.2) is 72.6 Å². The zero-order valence-electron chi connectivity index (χ0n) is 18.8. The number of rotatable bonds is 8. The zero-order valence-corrected chi connectivity index (χ0v) is 19.5. The molecule has 34 heavy (non-hydrogen) atoms. The molecular formula is C26H27ClN2O5. The molecule has 2 aliphatic rings. The van der Waals surface area contributed by atoms with Crippen LogP contribution in [0, 0.1) is 0 Å². The molecule has 178 valence electrons. The van der Waals surface area contributed by atoms with Crippen LogP contribution in [0.5, 0.6) is 5.75 Å². The number of hydrogen-bond donors (Lipinski definition) is 1. The number of benzene rings is 2. The van der Waals surface area contributed by atoms with Gasteiger partial charge >= 0.3 is 0 Å². The Morgan fingerprint density at radius 1 is 1.15 bits per heavy atom. The van der Waals surface area contributed by atoms with Crippen LogP contribution in [-0.2, 0) is 14.3 Å². The summed E-state index contributed by atoms with van der Waals surface area (Å²) in [6.07, 6.45) is 1.64. The fourth-order valence-electron chi connectivity index (χ4n) is 4.23. The van der Waals surface area contributed by atoms with E-state index in [9.17, 15) is 14.7 Å². The van der Waals surface area contributed by atoms with Crippen LogP contribution in [0.3, 0.4) is 0 Å². The Morgan fingerprint density at radius 3 is 2.56 bits per heavy atom. The van der Waals surface area contributed by atoms with Gasteiger partial charge in [0.15, 0.2) is 0 Å². The summed E-state index contributed by atoms with van der Waals surface area (Å²) in [5.74, 6) is -0.969. The summed E-state index contributed by atoms with van der Waals surface area (Å²) >= 11 is 6.24. The summed E-state index contributed by atoms with van der Waals surface area (Å²) in [6, 6.07) is 13.0. The number of carbonyl (C=O) groups is 2. The van der Waals surface area contributed by atoms with Gasteiger partial charge in [0.2, 0.25) is 0 Å². The van der Waals surface area contributed by atoms with Gasteiger partial charge in [-0.25, -0.2) is 0 Å². The van der Waals surface area contributed by atoms with Crippen molar-refractivity contribution in [3.05, 3.63) is 82.9 Å². The molecule has 1 unspecified atom stereocenters. The van der Waals surface area contributed by atoms with Gasteiger partial charge in [0.1, 0.15) is 18.1 Å². The van der Waals surface area contributed by atoms with E-state index in [2.05, 4.69) is 11.5 Å². The van der Waals surface area contributed by atoms with Gasteiger partial charge < -0.3 is 19.5 Å². The van der Waals surface area contributed by atoms with Gasteiger partial charge in [-0.3, -0.25) is 14.5 Å². The molecule has 0 aromatic heterocycles. The van der Waals surface area contributed by atoms with Crippen LogP contribution in [0.25, 0.3) is 5.76 Å². The number of aliphatic hydroxyl groups is 1. The Hall–Kier alpha value is -3.13. The monoisotopic (exact) mass is 482 g/mol. The molecule has 0 radical (unpaired) electrons. The van der Waals surface area contributed by atoms with E-state index in [0.717, 1.165) is 13.1 Å². The van der Waals surface area contributed by atoms with E-state index in [1.54, 1.807) is 48.5 Å². The maximum absolute atomic E-state index is 13.1. The number of hydrogen-bond acceptors (Lipinski definition) is 6. The average molecular weight is 483 g/mol. The zero-order chi connectivity index (χ0) is 24.1. The normalized spacial score (nSPS) is 20.5. The third kappa shape index (κ3) is 5.17. The number of likely N-dealkylation sites (tertiary alicyclic amines) is 1. The summed E-state index contributed by atoms with van der Waals surface area (Å²) in [5, 5.41) is 11.7. The lowest BCUT2D eigenvalue weighted by Gasteiger charge is -2.31. The predicted octanol–water partition coefficient (Wildman–Crippen LogP) is 3.66. The van der Waals surface area contributed by atoms with Crippen molar-refractivity contribution in [2.24, 2.45) is 0 Å². The molecule has 0 bridgehead atoms. The lowest BCUT2D eigenvalue weighted by atomic mass is 9.95. The van der Waals surface area contributed by atoms with Crippen molar-refractivity contribution < 1.29 is 24.2 Å². The highest BCUT2D eigenvalue weighted by atomic mass is 35.5. The van der Waals surface area contributed by atoms with Crippen molar-refractivity contribution in [2.75, 3.05) is 46.0 Å². The van der Waals surface area contributed by atoms with Gasteiger partial charge in [-0.2, -0.15) is 0 Å². The quantitative estimate of drug-likeness (QED) is 0.268. The first-order chi connectivity index (χ1) is 16.5. The lowest BCUT2D eigenvalue weighted by Crippen LogP contribution is -2.42. The van der Waals surface area contributed by atoms with E-state index >= 15 is 0 Å². The maximum atomic E-state index is 13.1. The molecule has 2 saturated heterocycles. The first-order valence-corrected chi connectivity index (χ1v) is 11.6. The second kappa shape index (κ2) is 10.9.